The second-order valence-electron chi connectivity index (χ2n) is 8.06. The number of carboxylic acid groups (broad SMARTS) is 1. The van der Waals surface area contributed by atoms with Gasteiger partial charge in [-0.25, -0.2) is 0 Å². The van der Waals surface area contributed by atoms with E-state index in [0.29, 0.717) is 11.1 Å². The van der Waals surface area contributed by atoms with Crippen molar-refractivity contribution in [2.45, 2.75) is 52.2 Å². The van der Waals surface area contributed by atoms with Crippen LogP contribution in [-0.2, 0) is 29.8 Å². The summed E-state index contributed by atoms with van der Waals surface area (Å²) in [4.78, 5) is 22.5. The number of carbonyl (C=O) groups excluding carboxylic acids is 1. The zero-order chi connectivity index (χ0) is 22.7. The highest BCUT2D eigenvalue weighted by Crippen LogP contribution is 2.43. The number of hydrogen-bond donors (Lipinski definition) is 3. The van der Waals surface area contributed by atoms with E-state index in [1.165, 1.54) is 37.9 Å². The van der Waals surface area contributed by atoms with E-state index in [4.69, 9.17) is 15.6 Å². The van der Waals surface area contributed by atoms with Gasteiger partial charge < -0.3 is 16.2 Å². The van der Waals surface area contributed by atoms with E-state index in [1.807, 2.05) is 6.92 Å². The van der Waals surface area contributed by atoms with Gasteiger partial charge in [-0.1, -0.05) is 29.2 Å². The van der Waals surface area contributed by atoms with E-state index in [0.717, 1.165) is 29.8 Å². The molecule has 30 heavy (non-hydrogen) atoms. The normalized spacial score (nSPS) is 14.9. The van der Waals surface area contributed by atoms with Gasteiger partial charge in [0.15, 0.2) is 0 Å². The Balaban J connectivity index is 0.00000101. The van der Waals surface area contributed by atoms with Crippen LogP contribution in [0.4, 0.5) is 13.8 Å². The molecular formula is C21H27F2N2O3PS. The molecule has 3 rings (SSSR count). The smallest absolute Gasteiger partial charge is 0.290 e. The van der Waals surface area contributed by atoms with E-state index in [-0.39, 0.29) is 29.9 Å². The Hall–Kier alpha value is -1.89. The number of alkyl halides is 2. The van der Waals surface area contributed by atoms with Crippen LogP contribution in [0.5, 0.6) is 0 Å². The molecule has 164 valence electrons. The molecule has 1 heterocycles. The third kappa shape index (κ3) is 5.62. The Kier molecular flexibility index (Phi) is 7.72. The Morgan fingerprint density at radius 2 is 2.07 bits per heavy atom. The molecule has 1 aromatic carbocycles. The Bertz CT molecular complexity index is 939. The number of nitrogens with one attached hydrogen (secondary N) is 1. The molecule has 0 saturated carbocycles. The first-order valence-electron chi connectivity index (χ1n) is 9.44. The highest BCUT2D eigenvalue weighted by molar-refractivity contribution is 7.17. The Morgan fingerprint density at radius 3 is 2.63 bits per heavy atom. The zero-order valence-corrected chi connectivity index (χ0v) is 19.2. The van der Waals surface area contributed by atoms with Gasteiger partial charge in [0.25, 0.3) is 18.0 Å². The van der Waals surface area contributed by atoms with Crippen LogP contribution in [0.25, 0.3) is 0 Å². The number of hydrogen-bond acceptors (Lipinski definition) is 4. The van der Waals surface area contributed by atoms with Gasteiger partial charge in [0, 0.05) is 22.5 Å². The lowest BCUT2D eigenvalue weighted by atomic mass is 9.76. The second kappa shape index (κ2) is 9.50. The molecule has 4 N–H and O–H groups in total. The lowest BCUT2D eigenvalue weighted by molar-refractivity contribution is -0.122. The molecule has 0 fully saturated rings. The summed E-state index contributed by atoms with van der Waals surface area (Å²) in [5.74, 6) is -0.310. The van der Waals surface area contributed by atoms with Crippen LogP contribution in [0.1, 0.15) is 57.8 Å². The Labute approximate surface area is 181 Å². The highest BCUT2D eigenvalue weighted by atomic mass is 32.1. The average molecular weight is 456 g/mol. The van der Waals surface area contributed by atoms with E-state index in [9.17, 15) is 13.6 Å². The number of anilines is 1. The molecule has 0 spiro atoms. The number of amides is 1. The van der Waals surface area contributed by atoms with Gasteiger partial charge in [-0.2, -0.15) is 8.78 Å². The molecule has 1 aliphatic carbocycles. The first kappa shape index (κ1) is 24.4. The number of benzene rings is 1. The number of thiophene rings is 1. The molecule has 5 nitrogen and oxygen atoms in total. The fourth-order valence-electron chi connectivity index (χ4n) is 3.54. The second-order valence-corrected chi connectivity index (χ2v) is 9.89. The van der Waals surface area contributed by atoms with Crippen molar-refractivity contribution >= 4 is 38.0 Å². The molecule has 0 saturated heterocycles. The fourth-order valence-corrected chi connectivity index (χ4v) is 4.94. The molecule has 2 aromatic rings. The van der Waals surface area contributed by atoms with Crippen molar-refractivity contribution in [1.29, 1.82) is 0 Å². The van der Waals surface area contributed by atoms with Gasteiger partial charge in [-0.15, -0.1) is 11.3 Å². The van der Waals surface area contributed by atoms with Gasteiger partial charge in [0.2, 0.25) is 0 Å². The van der Waals surface area contributed by atoms with Gasteiger partial charge in [0.1, 0.15) is 0 Å². The topological polar surface area (TPSA) is 92.4 Å². The summed E-state index contributed by atoms with van der Waals surface area (Å²) < 4.78 is 27.0. The average Bonchev–Trinajstić information content (AvgIpc) is 2.95. The molecule has 0 aliphatic heterocycles. The van der Waals surface area contributed by atoms with Crippen LogP contribution in [0, 0.1) is 12.3 Å². The van der Waals surface area contributed by atoms with Crippen molar-refractivity contribution < 1.29 is 23.5 Å². The van der Waals surface area contributed by atoms with Crippen LogP contribution >= 0.6 is 20.6 Å². The molecule has 1 aliphatic rings. The van der Waals surface area contributed by atoms with Gasteiger partial charge in [0.05, 0.1) is 5.00 Å². The molecule has 1 unspecified atom stereocenters. The number of halogens is 2. The van der Waals surface area contributed by atoms with Gasteiger partial charge in [-0.3, -0.25) is 9.59 Å². The van der Waals surface area contributed by atoms with Gasteiger partial charge >= 0.3 is 0 Å². The molecule has 0 radical (unpaired) electrons. The zero-order valence-electron chi connectivity index (χ0n) is 17.2. The molecule has 0 bridgehead atoms. The number of rotatable bonds is 4. The summed E-state index contributed by atoms with van der Waals surface area (Å²) in [7, 11) is 1.51. The highest BCUT2D eigenvalue weighted by Gasteiger charge is 2.30. The first-order valence-corrected chi connectivity index (χ1v) is 10.8. The molecule has 1 aromatic heterocycles. The predicted molar refractivity (Wildman–Crippen MR) is 119 cm³/mol. The fraction of sp³-hybridized carbons (Fsp3) is 0.429. The molecule has 9 heteroatoms. The van der Waals surface area contributed by atoms with E-state index < -0.39 is 5.66 Å². The van der Waals surface area contributed by atoms with Crippen molar-refractivity contribution in [2.75, 3.05) is 5.32 Å². The van der Waals surface area contributed by atoms with Crippen LogP contribution in [0.15, 0.2) is 18.2 Å². The quantitative estimate of drug-likeness (QED) is 0.450. The number of aryl methyl sites for hydroxylation is 1. The maximum atomic E-state index is 13.5. The maximum absolute atomic E-state index is 13.5. The predicted octanol–water partition coefficient (Wildman–Crippen LogP) is 4.91. The Morgan fingerprint density at radius 1 is 1.43 bits per heavy atom. The minimum Gasteiger partial charge on any atom is -0.483 e. The lowest BCUT2D eigenvalue weighted by Gasteiger charge is -2.29. The van der Waals surface area contributed by atoms with Crippen LogP contribution in [-0.4, -0.2) is 17.5 Å². The maximum Gasteiger partial charge on any atom is 0.290 e. The van der Waals surface area contributed by atoms with Crippen LogP contribution in [0.2, 0.25) is 0 Å². The first-order chi connectivity index (χ1) is 13.9. The van der Waals surface area contributed by atoms with Crippen molar-refractivity contribution in [3.8, 4) is 0 Å². The SMILES string of the molecule is Cc1c(NC(=O)c2ccc(C(F)(F)P)cc2CN)sc2c1CC(C)(C)CC2.O=CO. The van der Waals surface area contributed by atoms with Crippen molar-refractivity contribution in [1.82, 2.24) is 0 Å². The summed E-state index contributed by atoms with van der Waals surface area (Å²) in [6, 6.07) is 4.00. The van der Waals surface area contributed by atoms with Gasteiger partial charge in [-0.05, 0) is 60.4 Å². The van der Waals surface area contributed by atoms with Crippen LogP contribution in [0.3, 0.4) is 0 Å². The monoisotopic (exact) mass is 456 g/mol. The largest absolute Gasteiger partial charge is 0.483 e. The number of fused-ring (bicyclic) bond motifs is 1. The number of carbonyl (C=O) groups is 2. The summed E-state index contributed by atoms with van der Waals surface area (Å²) in [5, 5.41) is 10.7. The summed E-state index contributed by atoms with van der Waals surface area (Å²) in [5.41, 5.74) is 5.95. The van der Waals surface area contributed by atoms with E-state index in [2.05, 4.69) is 19.2 Å². The van der Waals surface area contributed by atoms with Crippen LogP contribution < -0.4 is 11.1 Å². The molecule has 1 atom stereocenters. The summed E-state index contributed by atoms with van der Waals surface area (Å²) in [6.45, 7) is 6.34. The van der Waals surface area contributed by atoms with Crippen molar-refractivity contribution in [3.63, 3.8) is 0 Å². The third-order valence-electron chi connectivity index (χ3n) is 5.22. The molecule has 1 amide bonds. The van der Waals surface area contributed by atoms with E-state index >= 15 is 0 Å². The van der Waals surface area contributed by atoms with Crippen molar-refractivity contribution in [3.05, 3.63) is 50.9 Å². The van der Waals surface area contributed by atoms with Crippen molar-refractivity contribution in [2.24, 2.45) is 11.1 Å². The standard InChI is InChI=1S/C20H25F2N2OPS.CH2O2/c1-11-15-9-19(2,3)7-6-16(15)27-18(11)24-17(25)14-5-4-13(20(21,22)26)8-12(14)10-23;2-1-3/h4-5,8H,6-7,9-10,23,26H2,1-3H3,(H,24,25);1H,(H,2,3). The third-order valence-corrected chi connectivity index (χ3v) is 6.86. The summed E-state index contributed by atoms with van der Waals surface area (Å²) in [6.07, 6.45) is 3.16. The minimum absolute atomic E-state index is 0.0193. The number of nitrogens with two attached hydrogens (primary N) is 1. The van der Waals surface area contributed by atoms with E-state index in [1.54, 1.807) is 11.3 Å². The minimum atomic E-state index is -3.05. The summed E-state index contributed by atoms with van der Waals surface area (Å²) >= 11 is 1.62. The lowest BCUT2D eigenvalue weighted by Crippen LogP contribution is -2.21. The molecular weight excluding hydrogens is 429 g/mol.